The van der Waals surface area contributed by atoms with Gasteiger partial charge in [0, 0.05) is 39.3 Å². The third-order valence-electron chi connectivity index (χ3n) is 3.15. The fourth-order valence-corrected chi connectivity index (χ4v) is 1.96. The average Bonchev–Trinajstić information content (AvgIpc) is 2.98. The van der Waals surface area contributed by atoms with Gasteiger partial charge in [-0.3, -0.25) is 9.59 Å². The van der Waals surface area contributed by atoms with Gasteiger partial charge in [0.2, 0.25) is 11.8 Å². The third-order valence-corrected chi connectivity index (χ3v) is 3.15. The molecule has 1 saturated heterocycles. The Labute approximate surface area is 118 Å². The normalized spacial score (nSPS) is 15.6. The Morgan fingerprint density at radius 2 is 2.20 bits per heavy atom. The molecule has 0 saturated carbocycles. The molecule has 0 spiro atoms. The highest BCUT2D eigenvalue weighted by atomic mass is 16.3. The highest BCUT2D eigenvalue weighted by molar-refractivity contribution is 5.93. The zero-order valence-electron chi connectivity index (χ0n) is 11.5. The van der Waals surface area contributed by atoms with Crippen LogP contribution in [0.3, 0.4) is 0 Å². The molecule has 0 radical (unpaired) electrons. The minimum atomic E-state index is -0.218. The van der Waals surface area contributed by atoms with Crippen molar-refractivity contribution in [2.24, 2.45) is 0 Å². The summed E-state index contributed by atoms with van der Waals surface area (Å²) >= 11 is 0. The summed E-state index contributed by atoms with van der Waals surface area (Å²) in [6.07, 6.45) is 4.54. The molecule has 20 heavy (non-hydrogen) atoms. The second-order valence-electron chi connectivity index (χ2n) is 4.67. The molecule has 0 bridgehead atoms. The average molecular weight is 277 g/mol. The van der Waals surface area contributed by atoms with Gasteiger partial charge in [0.05, 0.1) is 12.8 Å². The van der Waals surface area contributed by atoms with E-state index in [1.54, 1.807) is 36.4 Å². The number of piperazine rings is 1. The molecular weight excluding hydrogens is 258 g/mol. The number of hydrogen-bond acceptors (Lipinski definition) is 4. The zero-order chi connectivity index (χ0) is 14.4. The summed E-state index contributed by atoms with van der Waals surface area (Å²) in [6.45, 7) is 3.11. The van der Waals surface area contributed by atoms with Crippen LogP contribution in [0.4, 0.5) is 0 Å². The number of rotatable bonds is 4. The van der Waals surface area contributed by atoms with Crippen molar-refractivity contribution < 1.29 is 14.0 Å². The monoisotopic (exact) mass is 277 g/mol. The molecule has 2 heterocycles. The summed E-state index contributed by atoms with van der Waals surface area (Å²) in [7, 11) is 1.62. The van der Waals surface area contributed by atoms with Gasteiger partial charge in [-0.05, 0) is 18.2 Å². The largest absolute Gasteiger partial charge is 0.465 e. The van der Waals surface area contributed by atoms with Crippen molar-refractivity contribution in [2.45, 2.75) is 0 Å². The van der Waals surface area contributed by atoms with E-state index < -0.39 is 0 Å². The molecule has 1 aromatic heterocycles. The smallest absolute Gasteiger partial charge is 0.246 e. The summed E-state index contributed by atoms with van der Waals surface area (Å²) in [5.41, 5.74) is 0. The van der Waals surface area contributed by atoms with Crippen molar-refractivity contribution in [1.82, 2.24) is 15.1 Å². The van der Waals surface area contributed by atoms with Crippen LogP contribution >= 0.6 is 0 Å². The first-order valence-electron chi connectivity index (χ1n) is 6.62. The Morgan fingerprint density at radius 1 is 1.45 bits per heavy atom. The standard InChI is InChI=1S/C14H19N3O3/c1-16(11-14(19)17-8-6-15-7-9-17)13(18)5-4-12-3-2-10-20-12/h2-5,10,15H,6-9,11H2,1H3/b5-4+. The maximum Gasteiger partial charge on any atom is 0.246 e. The minimum Gasteiger partial charge on any atom is -0.465 e. The second kappa shape index (κ2) is 6.91. The lowest BCUT2D eigenvalue weighted by atomic mass is 10.3. The number of carbonyl (C=O) groups excluding carboxylic acids is 2. The van der Waals surface area contributed by atoms with Crippen molar-refractivity contribution in [3.8, 4) is 0 Å². The molecule has 2 rings (SSSR count). The molecule has 1 N–H and O–H groups in total. The van der Waals surface area contributed by atoms with Gasteiger partial charge in [0.1, 0.15) is 5.76 Å². The summed E-state index contributed by atoms with van der Waals surface area (Å²) < 4.78 is 5.10. The van der Waals surface area contributed by atoms with E-state index in [0.29, 0.717) is 18.8 Å². The predicted octanol–water partition coefficient (Wildman–Crippen LogP) is 0.183. The van der Waals surface area contributed by atoms with E-state index in [1.807, 2.05) is 0 Å². The molecule has 0 unspecified atom stereocenters. The van der Waals surface area contributed by atoms with E-state index in [2.05, 4.69) is 5.32 Å². The minimum absolute atomic E-state index is 0.0197. The summed E-state index contributed by atoms with van der Waals surface area (Å²) in [4.78, 5) is 27.1. The molecule has 0 aliphatic carbocycles. The quantitative estimate of drug-likeness (QED) is 0.798. The molecule has 6 heteroatoms. The van der Waals surface area contributed by atoms with E-state index in [1.165, 1.54) is 11.0 Å². The zero-order valence-corrected chi connectivity index (χ0v) is 11.5. The lowest BCUT2D eigenvalue weighted by Gasteiger charge is -2.29. The van der Waals surface area contributed by atoms with E-state index in [-0.39, 0.29) is 18.4 Å². The van der Waals surface area contributed by atoms with E-state index in [0.717, 1.165) is 13.1 Å². The molecule has 1 aliphatic rings. The molecule has 0 aromatic carbocycles. The van der Waals surface area contributed by atoms with Crippen LogP contribution in [0.2, 0.25) is 0 Å². The number of furan rings is 1. The fraction of sp³-hybridized carbons (Fsp3) is 0.429. The van der Waals surface area contributed by atoms with Crippen molar-refractivity contribution in [3.63, 3.8) is 0 Å². The van der Waals surface area contributed by atoms with Crippen LogP contribution in [0.25, 0.3) is 6.08 Å². The Balaban J connectivity index is 1.82. The van der Waals surface area contributed by atoms with E-state index >= 15 is 0 Å². The summed E-state index contributed by atoms with van der Waals surface area (Å²) in [6, 6.07) is 3.51. The van der Waals surface area contributed by atoms with E-state index in [9.17, 15) is 9.59 Å². The van der Waals surface area contributed by atoms with Gasteiger partial charge in [0.15, 0.2) is 0 Å². The van der Waals surface area contributed by atoms with Gasteiger partial charge in [-0.1, -0.05) is 0 Å². The van der Waals surface area contributed by atoms with Crippen LogP contribution in [0, 0.1) is 0 Å². The van der Waals surface area contributed by atoms with Gasteiger partial charge < -0.3 is 19.5 Å². The van der Waals surface area contributed by atoms with Crippen molar-refractivity contribution >= 4 is 17.9 Å². The van der Waals surface area contributed by atoms with E-state index in [4.69, 9.17) is 4.42 Å². The number of nitrogens with zero attached hydrogens (tertiary/aromatic N) is 2. The van der Waals surface area contributed by atoms with Gasteiger partial charge in [-0.25, -0.2) is 0 Å². The van der Waals surface area contributed by atoms with Crippen molar-refractivity contribution in [1.29, 1.82) is 0 Å². The fourth-order valence-electron chi connectivity index (χ4n) is 1.96. The molecule has 1 aromatic rings. The molecule has 2 amide bonds. The van der Waals surface area contributed by atoms with Crippen LogP contribution in [0.15, 0.2) is 28.9 Å². The van der Waals surface area contributed by atoms with Crippen LogP contribution in [-0.2, 0) is 9.59 Å². The lowest BCUT2D eigenvalue weighted by Crippen LogP contribution is -2.49. The SMILES string of the molecule is CN(CC(=O)N1CCNCC1)C(=O)/C=C/c1ccco1. The van der Waals surface area contributed by atoms with Crippen LogP contribution < -0.4 is 5.32 Å². The topological polar surface area (TPSA) is 65.8 Å². The van der Waals surface area contributed by atoms with Gasteiger partial charge >= 0.3 is 0 Å². The lowest BCUT2D eigenvalue weighted by molar-refractivity contribution is -0.137. The van der Waals surface area contributed by atoms with Crippen LogP contribution in [-0.4, -0.2) is 61.4 Å². The summed E-state index contributed by atoms with van der Waals surface area (Å²) in [5.74, 6) is 0.374. The molecule has 0 atom stereocenters. The van der Waals surface area contributed by atoms with Crippen molar-refractivity contribution in [2.75, 3.05) is 39.8 Å². The molecule has 108 valence electrons. The number of likely N-dealkylation sites (N-methyl/N-ethyl adjacent to an activating group) is 1. The Kier molecular flexibility index (Phi) is 4.95. The number of carbonyl (C=O) groups is 2. The Bertz CT molecular complexity index is 476. The number of hydrogen-bond donors (Lipinski definition) is 1. The highest BCUT2D eigenvalue weighted by Crippen LogP contribution is 2.03. The highest BCUT2D eigenvalue weighted by Gasteiger charge is 2.18. The first kappa shape index (κ1) is 14.3. The second-order valence-corrected chi connectivity index (χ2v) is 4.67. The Hall–Kier alpha value is -2.08. The molecule has 1 aliphatic heterocycles. The number of nitrogens with one attached hydrogen (secondary N) is 1. The first-order valence-corrected chi connectivity index (χ1v) is 6.62. The Morgan fingerprint density at radius 3 is 2.85 bits per heavy atom. The van der Waals surface area contributed by atoms with Crippen molar-refractivity contribution in [3.05, 3.63) is 30.2 Å². The van der Waals surface area contributed by atoms with Crippen LogP contribution in [0.1, 0.15) is 5.76 Å². The molecule has 1 fully saturated rings. The first-order chi connectivity index (χ1) is 9.66. The van der Waals surface area contributed by atoms with Gasteiger partial charge in [-0.2, -0.15) is 0 Å². The van der Waals surface area contributed by atoms with Crippen LogP contribution in [0.5, 0.6) is 0 Å². The predicted molar refractivity (Wildman–Crippen MR) is 74.8 cm³/mol. The summed E-state index contributed by atoms with van der Waals surface area (Å²) in [5, 5.41) is 3.19. The molecular formula is C14H19N3O3. The number of amides is 2. The maximum atomic E-state index is 12.0. The molecule has 6 nitrogen and oxygen atoms in total. The van der Waals surface area contributed by atoms with Gasteiger partial charge in [0.25, 0.3) is 0 Å². The van der Waals surface area contributed by atoms with Gasteiger partial charge in [-0.15, -0.1) is 0 Å². The maximum absolute atomic E-state index is 12.0. The third kappa shape index (κ3) is 3.96.